The molecule has 0 bridgehead atoms. The van der Waals surface area contributed by atoms with E-state index >= 15 is 0 Å². The number of hydrogen-bond donors (Lipinski definition) is 1. The fourth-order valence-corrected chi connectivity index (χ4v) is 3.53. The maximum Gasteiger partial charge on any atom is 0.223 e. The van der Waals surface area contributed by atoms with Crippen molar-refractivity contribution in [3.8, 4) is 5.75 Å². The molecule has 1 saturated heterocycles. The molecule has 1 N–H and O–H groups in total. The van der Waals surface area contributed by atoms with Gasteiger partial charge in [-0.1, -0.05) is 13.0 Å². The summed E-state index contributed by atoms with van der Waals surface area (Å²) in [5.74, 6) is 1.30. The molecule has 0 aromatic heterocycles. The van der Waals surface area contributed by atoms with Gasteiger partial charge in [0.15, 0.2) is 0 Å². The smallest absolute Gasteiger partial charge is 0.223 e. The molecule has 3 rings (SSSR count). The summed E-state index contributed by atoms with van der Waals surface area (Å²) in [6.45, 7) is 7.12. The summed E-state index contributed by atoms with van der Waals surface area (Å²) in [6.07, 6.45) is 4.11. The number of rotatable bonds is 6. The molecule has 0 unspecified atom stereocenters. The van der Waals surface area contributed by atoms with Crippen molar-refractivity contribution in [2.75, 3.05) is 19.8 Å². The summed E-state index contributed by atoms with van der Waals surface area (Å²) >= 11 is 0. The van der Waals surface area contributed by atoms with Crippen LogP contribution in [0, 0.1) is 18.3 Å². The van der Waals surface area contributed by atoms with Crippen LogP contribution in [0.1, 0.15) is 43.7 Å². The molecule has 1 saturated carbocycles. The van der Waals surface area contributed by atoms with E-state index in [4.69, 9.17) is 9.47 Å². The molecule has 2 aliphatic rings. The van der Waals surface area contributed by atoms with Crippen LogP contribution < -0.4 is 10.1 Å². The van der Waals surface area contributed by atoms with Crippen LogP contribution in [0.15, 0.2) is 18.2 Å². The van der Waals surface area contributed by atoms with E-state index in [9.17, 15) is 4.79 Å². The lowest BCUT2D eigenvalue weighted by Crippen LogP contribution is -2.29. The maximum absolute atomic E-state index is 12.4. The van der Waals surface area contributed by atoms with Gasteiger partial charge in [-0.15, -0.1) is 0 Å². The number of aryl methyl sites for hydroxylation is 1. The third-order valence-electron chi connectivity index (χ3n) is 5.23. The minimum atomic E-state index is 0.193. The predicted molar refractivity (Wildman–Crippen MR) is 89.4 cm³/mol. The first-order valence-electron chi connectivity index (χ1n) is 8.72. The minimum Gasteiger partial charge on any atom is -0.494 e. The highest BCUT2D eigenvalue weighted by molar-refractivity contribution is 5.82. The zero-order valence-corrected chi connectivity index (χ0v) is 14.2. The van der Waals surface area contributed by atoms with Crippen molar-refractivity contribution < 1.29 is 14.3 Å². The van der Waals surface area contributed by atoms with Crippen LogP contribution in [0.2, 0.25) is 0 Å². The first-order chi connectivity index (χ1) is 11.1. The van der Waals surface area contributed by atoms with Crippen LogP contribution in [-0.4, -0.2) is 25.7 Å². The highest BCUT2D eigenvalue weighted by Gasteiger charge is 2.57. The van der Waals surface area contributed by atoms with Crippen molar-refractivity contribution in [3.63, 3.8) is 0 Å². The van der Waals surface area contributed by atoms with Crippen LogP contribution in [0.4, 0.5) is 0 Å². The van der Waals surface area contributed by atoms with Crippen molar-refractivity contribution >= 4 is 5.91 Å². The van der Waals surface area contributed by atoms with Gasteiger partial charge in [-0.2, -0.15) is 0 Å². The van der Waals surface area contributed by atoms with Gasteiger partial charge in [0.2, 0.25) is 5.91 Å². The van der Waals surface area contributed by atoms with Crippen molar-refractivity contribution in [1.29, 1.82) is 0 Å². The predicted octanol–water partition coefficient (Wildman–Crippen LogP) is 3.22. The molecule has 23 heavy (non-hydrogen) atoms. The van der Waals surface area contributed by atoms with E-state index in [0.717, 1.165) is 62.4 Å². The zero-order chi connectivity index (χ0) is 16.3. The van der Waals surface area contributed by atoms with Gasteiger partial charge in [0.25, 0.3) is 0 Å². The fourth-order valence-electron chi connectivity index (χ4n) is 3.53. The van der Waals surface area contributed by atoms with Gasteiger partial charge in [0.05, 0.1) is 6.61 Å². The van der Waals surface area contributed by atoms with Crippen LogP contribution in [0.3, 0.4) is 0 Å². The van der Waals surface area contributed by atoms with E-state index in [1.165, 1.54) is 0 Å². The molecule has 126 valence electrons. The molecule has 1 aromatic carbocycles. The van der Waals surface area contributed by atoms with Gasteiger partial charge >= 0.3 is 0 Å². The molecule has 1 atom stereocenters. The van der Waals surface area contributed by atoms with E-state index in [2.05, 4.69) is 25.2 Å². The Morgan fingerprint density at radius 3 is 2.87 bits per heavy atom. The molecule has 0 radical (unpaired) electrons. The first kappa shape index (κ1) is 16.3. The summed E-state index contributed by atoms with van der Waals surface area (Å²) in [5.41, 5.74) is 2.56. The van der Waals surface area contributed by atoms with Crippen molar-refractivity contribution in [2.45, 2.75) is 46.1 Å². The lowest BCUT2D eigenvalue weighted by molar-refractivity contribution is -0.123. The van der Waals surface area contributed by atoms with E-state index in [1.807, 2.05) is 12.1 Å². The number of ether oxygens (including phenoxy) is 2. The number of carbonyl (C=O) groups is 1. The van der Waals surface area contributed by atoms with E-state index in [-0.39, 0.29) is 17.2 Å². The fraction of sp³-hybridized carbons (Fsp3) is 0.632. The van der Waals surface area contributed by atoms with Crippen LogP contribution in [0.25, 0.3) is 0 Å². The second-order valence-corrected chi connectivity index (χ2v) is 6.89. The van der Waals surface area contributed by atoms with Crippen molar-refractivity contribution in [1.82, 2.24) is 5.32 Å². The van der Waals surface area contributed by atoms with Gasteiger partial charge in [-0.25, -0.2) is 0 Å². The highest BCUT2D eigenvalue weighted by Crippen LogP contribution is 2.59. The monoisotopic (exact) mass is 317 g/mol. The van der Waals surface area contributed by atoms with E-state index < -0.39 is 0 Å². The molecule has 4 nitrogen and oxygen atoms in total. The van der Waals surface area contributed by atoms with Gasteiger partial charge in [-0.05, 0) is 61.3 Å². The summed E-state index contributed by atoms with van der Waals surface area (Å²) in [4.78, 5) is 12.4. The second-order valence-electron chi connectivity index (χ2n) is 6.89. The third-order valence-corrected chi connectivity index (χ3v) is 5.23. The molecule has 1 spiro atoms. The lowest BCUT2D eigenvalue weighted by Gasteiger charge is -2.22. The van der Waals surface area contributed by atoms with E-state index in [0.29, 0.717) is 6.54 Å². The number of hydrogen-bond acceptors (Lipinski definition) is 3. The Hall–Kier alpha value is -1.55. The lowest BCUT2D eigenvalue weighted by atomic mass is 9.93. The maximum atomic E-state index is 12.4. The quantitative estimate of drug-likeness (QED) is 0.876. The Morgan fingerprint density at radius 1 is 1.39 bits per heavy atom. The van der Waals surface area contributed by atoms with Crippen molar-refractivity contribution in [3.05, 3.63) is 29.3 Å². The minimum absolute atomic E-state index is 0.193. The van der Waals surface area contributed by atoms with Gasteiger partial charge in [0, 0.05) is 25.7 Å². The molecule has 1 amide bonds. The summed E-state index contributed by atoms with van der Waals surface area (Å²) in [5, 5.41) is 3.12. The molecule has 2 fully saturated rings. The third kappa shape index (κ3) is 3.69. The molecular formula is C19H27NO3. The SMILES string of the molecule is CCCOc1ccc(CNC(=O)[C@@H]2CC23CCOCC3)c(C)c1. The Labute approximate surface area is 138 Å². The van der Waals surface area contributed by atoms with E-state index in [1.54, 1.807) is 0 Å². The largest absolute Gasteiger partial charge is 0.494 e. The number of nitrogens with one attached hydrogen (secondary N) is 1. The number of amides is 1. The Morgan fingerprint density at radius 2 is 2.17 bits per heavy atom. The number of carbonyl (C=O) groups excluding carboxylic acids is 1. The normalized spacial score (nSPS) is 21.9. The van der Waals surface area contributed by atoms with Gasteiger partial charge in [-0.3, -0.25) is 4.79 Å². The Kier molecular flexibility index (Phi) is 4.90. The van der Waals surface area contributed by atoms with Gasteiger partial charge in [0.1, 0.15) is 5.75 Å². The van der Waals surface area contributed by atoms with Gasteiger partial charge < -0.3 is 14.8 Å². The van der Waals surface area contributed by atoms with Crippen LogP contribution >= 0.6 is 0 Å². The zero-order valence-electron chi connectivity index (χ0n) is 14.2. The molecule has 1 heterocycles. The average molecular weight is 317 g/mol. The molecule has 1 aliphatic carbocycles. The second kappa shape index (κ2) is 6.91. The topological polar surface area (TPSA) is 47.6 Å². The van der Waals surface area contributed by atoms with Crippen LogP contribution in [0.5, 0.6) is 5.75 Å². The summed E-state index contributed by atoms with van der Waals surface area (Å²) in [6, 6.07) is 6.09. The molecule has 1 aromatic rings. The molecule has 1 aliphatic heterocycles. The highest BCUT2D eigenvalue weighted by atomic mass is 16.5. The Bertz CT molecular complexity index is 564. The molecular weight excluding hydrogens is 290 g/mol. The average Bonchev–Trinajstić information content (AvgIpc) is 3.25. The number of benzene rings is 1. The summed E-state index contributed by atoms with van der Waals surface area (Å²) < 4.78 is 11.1. The van der Waals surface area contributed by atoms with Crippen molar-refractivity contribution in [2.24, 2.45) is 11.3 Å². The summed E-state index contributed by atoms with van der Waals surface area (Å²) in [7, 11) is 0. The molecule has 4 heteroatoms. The Balaban J connectivity index is 1.51. The first-order valence-corrected chi connectivity index (χ1v) is 8.72. The standard InChI is InChI=1S/C19H27NO3/c1-3-8-23-16-5-4-15(14(2)11-16)13-20-18(21)17-12-19(17)6-9-22-10-7-19/h4-5,11,17H,3,6-10,12-13H2,1-2H3,(H,20,21)/t17-/m0/s1. The van der Waals surface area contributed by atoms with Crippen LogP contribution in [-0.2, 0) is 16.1 Å².